The summed E-state index contributed by atoms with van der Waals surface area (Å²) in [7, 11) is 0. The molecular formula is C16H27NO2. The molecule has 0 amide bonds. The molecule has 1 saturated carbocycles. The lowest BCUT2D eigenvalue weighted by atomic mass is 9.69. The first-order valence-corrected chi connectivity index (χ1v) is 7.39. The van der Waals surface area contributed by atoms with Crippen LogP contribution in [0.2, 0.25) is 0 Å². The molecule has 1 atom stereocenters. The molecule has 1 aliphatic rings. The van der Waals surface area contributed by atoms with Gasteiger partial charge in [0.25, 0.3) is 0 Å². The van der Waals surface area contributed by atoms with E-state index in [0.29, 0.717) is 12.8 Å². The lowest BCUT2D eigenvalue weighted by molar-refractivity contribution is -0.132. The average molecular weight is 265 g/mol. The second kappa shape index (κ2) is 6.44. The quantitative estimate of drug-likeness (QED) is 0.713. The molecule has 0 bridgehead atoms. The van der Waals surface area contributed by atoms with Gasteiger partial charge in [-0.05, 0) is 32.1 Å². The summed E-state index contributed by atoms with van der Waals surface area (Å²) < 4.78 is 0. The Kier molecular flexibility index (Phi) is 5.45. The maximum Gasteiger partial charge on any atom is 0.149 e. The fraction of sp³-hybridized carbons (Fsp3) is 0.812. The SMILES string of the molecule is CCCCC(=O)C1C(=O)CC(C)(C)CC1=NC(C)C. The van der Waals surface area contributed by atoms with Crippen LogP contribution in [0.15, 0.2) is 4.99 Å². The van der Waals surface area contributed by atoms with Gasteiger partial charge in [0.05, 0.1) is 0 Å². The molecule has 0 N–H and O–H groups in total. The lowest BCUT2D eigenvalue weighted by Gasteiger charge is -2.34. The van der Waals surface area contributed by atoms with Crippen LogP contribution in [0.5, 0.6) is 0 Å². The Morgan fingerprint density at radius 1 is 1.37 bits per heavy atom. The van der Waals surface area contributed by atoms with E-state index in [9.17, 15) is 9.59 Å². The molecule has 1 aliphatic carbocycles. The highest BCUT2D eigenvalue weighted by molar-refractivity contribution is 6.22. The number of hydrogen-bond acceptors (Lipinski definition) is 3. The minimum Gasteiger partial charge on any atom is -0.298 e. The molecule has 3 heteroatoms. The molecule has 0 heterocycles. The van der Waals surface area contributed by atoms with E-state index in [-0.39, 0.29) is 23.0 Å². The van der Waals surface area contributed by atoms with Gasteiger partial charge < -0.3 is 0 Å². The second-order valence-corrected chi connectivity index (χ2v) is 6.70. The summed E-state index contributed by atoms with van der Waals surface area (Å²) in [6, 6.07) is 0.137. The van der Waals surface area contributed by atoms with Gasteiger partial charge in [-0.15, -0.1) is 0 Å². The van der Waals surface area contributed by atoms with Gasteiger partial charge in [0.2, 0.25) is 0 Å². The fourth-order valence-electron chi connectivity index (χ4n) is 2.73. The molecule has 1 unspecified atom stereocenters. The summed E-state index contributed by atoms with van der Waals surface area (Å²) in [5, 5.41) is 0. The van der Waals surface area contributed by atoms with Crippen molar-refractivity contribution in [2.45, 2.75) is 72.8 Å². The van der Waals surface area contributed by atoms with Crippen molar-refractivity contribution in [2.75, 3.05) is 0 Å². The molecule has 1 fully saturated rings. The summed E-state index contributed by atoms with van der Waals surface area (Å²) in [4.78, 5) is 29.1. The van der Waals surface area contributed by atoms with Crippen LogP contribution >= 0.6 is 0 Å². The number of hydrogen-bond donors (Lipinski definition) is 0. The van der Waals surface area contributed by atoms with E-state index in [1.54, 1.807) is 0 Å². The summed E-state index contributed by atoms with van der Waals surface area (Å²) >= 11 is 0. The molecule has 0 aromatic rings. The third-order valence-electron chi connectivity index (χ3n) is 3.49. The van der Waals surface area contributed by atoms with Crippen molar-refractivity contribution in [3.63, 3.8) is 0 Å². The molecule has 0 radical (unpaired) electrons. The Morgan fingerprint density at radius 2 is 2.00 bits per heavy atom. The van der Waals surface area contributed by atoms with E-state index < -0.39 is 5.92 Å². The summed E-state index contributed by atoms with van der Waals surface area (Å²) in [6.07, 6.45) is 3.60. The van der Waals surface area contributed by atoms with Crippen LogP contribution in [0.4, 0.5) is 0 Å². The predicted molar refractivity (Wildman–Crippen MR) is 78.6 cm³/mol. The van der Waals surface area contributed by atoms with Crippen LogP contribution in [0.1, 0.15) is 66.7 Å². The van der Waals surface area contributed by atoms with E-state index in [4.69, 9.17) is 0 Å². The van der Waals surface area contributed by atoms with Crippen LogP contribution in [0.3, 0.4) is 0 Å². The van der Waals surface area contributed by atoms with Crippen LogP contribution in [0.25, 0.3) is 0 Å². The van der Waals surface area contributed by atoms with Gasteiger partial charge >= 0.3 is 0 Å². The largest absolute Gasteiger partial charge is 0.298 e. The van der Waals surface area contributed by atoms with E-state index in [2.05, 4.69) is 25.8 Å². The third-order valence-corrected chi connectivity index (χ3v) is 3.49. The molecular weight excluding hydrogens is 238 g/mol. The molecule has 108 valence electrons. The molecule has 0 saturated heterocycles. The highest BCUT2D eigenvalue weighted by Crippen LogP contribution is 2.35. The Bertz CT molecular complexity index is 380. The van der Waals surface area contributed by atoms with Crippen LogP contribution in [0, 0.1) is 11.3 Å². The minimum absolute atomic E-state index is 0.0632. The van der Waals surface area contributed by atoms with E-state index in [1.165, 1.54) is 0 Å². The maximum absolute atomic E-state index is 12.3. The fourth-order valence-corrected chi connectivity index (χ4v) is 2.73. The van der Waals surface area contributed by atoms with Crippen molar-refractivity contribution in [1.82, 2.24) is 0 Å². The standard InChI is InChI=1S/C16H27NO2/c1-6-7-8-13(18)15-12(17-11(2)3)9-16(4,5)10-14(15)19/h11,15H,6-10H2,1-5H3. The first-order chi connectivity index (χ1) is 8.76. The second-order valence-electron chi connectivity index (χ2n) is 6.70. The number of nitrogens with zero attached hydrogens (tertiary/aromatic N) is 1. The Labute approximate surface area is 116 Å². The molecule has 19 heavy (non-hydrogen) atoms. The van der Waals surface area contributed by atoms with Gasteiger partial charge in [0, 0.05) is 24.6 Å². The maximum atomic E-state index is 12.3. The smallest absolute Gasteiger partial charge is 0.149 e. The van der Waals surface area contributed by atoms with Crippen LogP contribution in [-0.2, 0) is 9.59 Å². The zero-order valence-electron chi connectivity index (χ0n) is 13.0. The van der Waals surface area contributed by atoms with E-state index >= 15 is 0 Å². The van der Waals surface area contributed by atoms with E-state index in [0.717, 1.165) is 25.0 Å². The number of unbranched alkanes of at least 4 members (excludes halogenated alkanes) is 1. The van der Waals surface area contributed by atoms with Crippen molar-refractivity contribution < 1.29 is 9.59 Å². The van der Waals surface area contributed by atoms with Gasteiger partial charge in [-0.1, -0.05) is 27.2 Å². The Balaban J connectivity index is 2.97. The normalized spacial score (nSPS) is 25.1. The number of ketones is 2. The number of aliphatic imine (C=N–C) groups is 1. The number of carbonyl (C=O) groups excluding carboxylic acids is 2. The van der Waals surface area contributed by atoms with Crippen molar-refractivity contribution in [3.8, 4) is 0 Å². The van der Waals surface area contributed by atoms with Crippen molar-refractivity contribution in [2.24, 2.45) is 16.3 Å². The van der Waals surface area contributed by atoms with Crippen LogP contribution < -0.4 is 0 Å². The van der Waals surface area contributed by atoms with Gasteiger partial charge in [-0.3, -0.25) is 14.6 Å². The predicted octanol–water partition coefficient (Wildman–Crippen LogP) is 3.60. The summed E-state index contributed by atoms with van der Waals surface area (Å²) in [5.41, 5.74) is 0.754. The summed E-state index contributed by atoms with van der Waals surface area (Å²) in [5.74, 6) is -0.416. The topological polar surface area (TPSA) is 46.5 Å². The monoisotopic (exact) mass is 265 g/mol. The molecule has 0 aliphatic heterocycles. The lowest BCUT2D eigenvalue weighted by Crippen LogP contribution is -2.42. The average Bonchev–Trinajstić information content (AvgIpc) is 2.22. The highest BCUT2D eigenvalue weighted by atomic mass is 16.2. The molecule has 0 aromatic heterocycles. The number of carbonyl (C=O) groups is 2. The van der Waals surface area contributed by atoms with Gasteiger partial charge in [0.15, 0.2) is 0 Å². The Hall–Kier alpha value is -0.990. The van der Waals surface area contributed by atoms with Crippen molar-refractivity contribution in [3.05, 3.63) is 0 Å². The number of rotatable bonds is 5. The molecule has 1 rings (SSSR count). The highest BCUT2D eigenvalue weighted by Gasteiger charge is 2.41. The number of Topliss-reactive ketones (excluding diaryl/α,β-unsaturated/α-hetero) is 2. The van der Waals surface area contributed by atoms with Crippen molar-refractivity contribution >= 4 is 17.3 Å². The molecule has 0 spiro atoms. The third kappa shape index (κ3) is 4.55. The van der Waals surface area contributed by atoms with Crippen molar-refractivity contribution in [1.29, 1.82) is 0 Å². The zero-order valence-corrected chi connectivity index (χ0v) is 13.0. The Morgan fingerprint density at radius 3 is 2.53 bits per heavy atom. The van der Waals surface area contributed by atoms with Gasteiger partial charge in [-0.2, -0.15) is 0 Å². The zero-order chi connectivity index (χ0) is 14.6. The van der Waals surface area contributed by atoms with Gasteiger partial charge in [-0.25, -0.2) is 0 Å². The first kappa shape index (κ1) is 16.1. The first-order valence-electron chi connectivity index (χ1n) is 7.39. The minimum atomic E-state index is -0.554. The summed E-state index contributed by atoms with van der Waals surface area (Å²) in [6.45, 7) is 10.2. The van der Waals surface area contributed by atoms with Crippen LogP contribution in [-0.4, -0.2) is 23.3 Å². The van der Waals surface area contributed by atoms with Gasteiger partial charge in [0.1, 0.15) is 17.5 Å². The van der Waals surface area contributed by atoms with E-state index in [1.807, 2.05) is 13.8 Å². The molecule has 3 nitrogen and oxygen atoms in total. The molecule has 0 aromatic carbocycles.